The number of esters is 1. The van der Waals surface area contributed by atoms with Crippen molar-refractivity contribution in [1.29, 1.82) is 0 Å². The van der Waals surface area contributed by atoms with Crippen LogP contribution in [0.15, 0.2) is 54.6 Å². The summed E-state index contributed by atoms with van der Waals surface area (Å²) in [5.41, 5.74) is 3.90. The van der Waals surface area contributed by atoms with Gasteiger partial charge in [-0.1, -0.05) is 30.3 Å². The minimum absolute atomic E-state index is 0.0156. The van der Waals surface area contributed by atoms with Crippen LogP contribution in [0.3, 0.4) is 0 Å². The lowest BCUT2D eigenvalue weighted by Gasteiger charge is -2.18. The van der Waals surface area contributed by atoms with E-state index < -0.39 is 5.97 Å². The van der Waals surface area contributed by atoms with Gasteiger partial charge in [0.15, 0.2) is 23.9 Å². The molecule has 176 valence electrons. The average molecular weight is 462 g/mol. The number of ether oxygens (including phenoxy) is 3. The van der Waals surface area contributed by atoms with E-state index in [9.17, 15) is 14.4 Å². The molecule has 1 aliphatic heterocycles. The number of nitrogens with zero attached hydrogens (tertiary/aromatic N) is 1. The third kappa shape index (κ3) is 5.36. The van der Waals surface area contributed by atoms with Gasteiger partial charge in [-0.25, -0.2) is 0 Å². The molecule has 0 fully saturated rings. The van der Waals surface area contributed by atoms with Gasteiger partial charge in [-0.2, -0.15) is 0 Å². The van der Waals surface area contributed by atoms with Crippen molar-refractivity contribution in [1.82, 2.24) is 4.57 Å². The Morgan fingerprint density at radius 1 is 0.882 bits per heavy atom. The Balaban J connectivity index is 1.29. The summed E-state index contributed by atoms with van der Waals surface area (Å²) >= 11 is 0. The van der Waals surface area contributed by atoms with E-state index in [2.05, 4.69) is 4.57 Å². The number of hydrogen-bond donors (Lipinski definition) is 0. The van der Waals surface area contributed by atoms with Crippen LogP contribution in [0.1, 0.15) is 50.5 Å². The molecule has 0 spiro atoms. The van der Waals surface area contributed by atoms with Crippen molar-refractivity contribution in [2.45, 2.75) is 33.2 Å². The molecule has 2 heterocycles. The number of carbonyl (C=O) groups is 3. The van der Waals surface area contributed by atoms with Crippen LogP contribution in [0.2, 0.25) is 0 Å². The summed E-state index contributed by atoms with van der Waals surface area (Å²) in [6.07, 6.45) is -0.119. The number of carbonyl (C=O) groups excluding carboxylic acids is 3. The maximum absolute atomic E-state index is 12.7. The van der Waals surface area contributed by atoms with Crippen molar-refractivity contribution in [2.75, 3.05) is 19.8 Å². The largest absolute Gasteiger partial charge is 0.486 e. The topological polar surface area (TPSA) is 83.8 Å². The molecule has 0 radical (unpaired) electrons. The van der Waals surface area contributed by atoms with Crippen molar-refractivity contribution in [3.63, 3.8) is 0 Å². The lowest BCUT2D eigenvalue weighted by atomic mass is 10.1. The van der Waals surface area contributed by atoms with Crippen molar-refractivity contribution >= 4 is 17.5 Å². The summed E-state index contributed by atoms with van der Waals surface area (Å²) in [6, 6.07) is 16.8. The van der Waals surface area contributed by atoms with Gasteiger partial charge >= 0.3 is 5.97 Å². The normalized spacial score (nSPS) is 12.3. The molecule has 7 heteroatoms. The van der Waals surface area contributed by atoms with Crippen LogP contribution in [0, 0.1) is 13.8 Å². The molecule has 0 N–H and O–H groups in total. The molecule has 0 bridgehead atoms. The summed E-state index contributed by atoms with van der Waals surface area (Å²) in [6.45, 7) is 5.04. The van der Waals surface area contributed by atoms with Crippen molar-refractivity contribution in [3.8, 4) is 11.5 Å². The lowest BCUT2D eigenvalue weighted by molar-refractivity contribution is -0.142. The first-order valence-electron chi connectivity index (χ1n) is 11.2. The highest BCUT2D eigenvalue weighted by molar-refractivity contribution is 6.00. The molecule has 0 saturated carbocycles. The first-order chi connectivity index (χ1) is 16.4. The number of fused-ring (bicyclic) bond motifs is 1. The van der Waals surface area contributed by atoms with Crippen molar-refractivity contribution in [3.05, 3.63) is 82.7 Å². The molecule has 0 unspecified atom stereocenters. The smallest absolute Gasteiger partial charge is 0.306 e. The van der Waals surface area contributed by atoms with Crippen LogP contribution in [0.5, 0.6) is 11.5 Å². The van der Waals surface area contributed by atoms with E-state index in [4.69, 9.17) is 14.2 Å². The molecule has 0 amide bonds. The Kier molecular flexibility index (Phi) is 7.11. The monoisotopic (exact) mass is 461 g/mol. The van der Waals surface area contributed by atoms with Crippen LogP contribution in [-0.2, 0) is 16.1 Å². The first kappa shape index (κ1) is 23.3. The van der Waals surface area contributed by atoms with Gasteiger partial charge in [-0.05, 0) is 43.7 Å². The SMILES string of the molecule is Cc1cc(C(=O)COC(=O)CCC(=O)c2ccc3c(c2)OCCO3)c(C)n1Cc1ccccc1. The highest BCUT2D eigenvalue weighted by atomic mass is 16.6. The Labute approximate surface area is 198 Å². The van der Waals surface area contributed by atoms with Crippen LogP contribution >= 0.6 is 0 Å². The number of Topliss-reactive ketones (excluding diaryl/α,β-unsaturated/α-hetero) is 2. The number of rotatable bonds is 9. The molecule has 0 saturated heterocycles. The number of benzene rings is 2. The van der Waals surface area contributed by atoms with E-state index in [0.29, 0.717) is 42.4 Å². The van der Waals surface area contributed by atoms with Crippen molar-refractivity contribution < 1.29 is 28.6 Å². The minimum atomic E-state index is -0.586. The standard InChI is InChI=1S/C27H27NO6/c1-18-14-22(19(2)28(18)16-20-6-4-3-5-7-20)24(30)17-34-27(31)11-9-23(29)21-8-10-25-26(15-21)33-13-12-32-25/h3-8,10,14-15H,9,11-13,16-17H2,1-2H3. The van der Waals surface area contributed by atoms with Gasteiger partial charge in [0.1, 0.15) is 13.2 Å². The molecular weight excluding hydrogens is 434 g/mol. The third-order valence-corrected chi connectivity index (χ3v) is 5.84. The predicted octanol–water partition coefficient (Wildman–Crippen LogP) is 4.31. The zero-order valence-electron chi connectivity index (χ0n) is 19.3. The maximum Gasteiger partial charge on any atom is 0.306 e. The van der Waals surface area contributed by atoms with E-state index in [0.717, 1.165) is 17.0 Å². The highest BCUT2D eigenvalue weighted by Crippen LogP contribution is 2.31. The molecule has 4 rings (SSSR count). The van der Waals surface area contributed by atoms with E-state index >= 15 is 0 Å². The van der Waals surface area contributed by atoms with E-state index in [1.54, 1.807) is 18.2 Å². The van der Waals surface area contributed by atoms with Crippen LogP contribution < -0.4 is 9.47 Å². The number of aromatic nitrogens is 1. The second-order valence-corrected chi connectivity index (χ2v) is 8.22. The van der Waals surface area contributed by atoms with Gasteiger partial charge in [0.05, 0.1) is 6.42 Å². The maximum atomic E-state index is 12.7. The first-order valence-corrected chi connectivity index (χ1v) is 11.2. The molecular formula is C27H27NO6. The Morgan fingerprint density at radius 3 is 2.38 bits per heavy atom. The molecule has 1 aliphatic rings. The van der Waals surface area contributed by atoms with Gasteiger partial charge < -0.3 is 18.8 Å². The highest BCUT2D eigenvalue weighted by Gasteiger charge is 2.19. The average Bonchev–Trinajstić information content (AvgIpc) is 3.14. The van der Waals surface area contributed by atoms with Gasteiger partial charge in [0.2, 0.25) is 5.78 Å². The summed E-state index contributed by atoms with van der Waals surface area (Å²) in [5.74, 6) is 0.0694. The second kappa shape index (κ2) is 10.4. The fourth-order valence-corrected chi connectivity index (χ4v) is 3.97. The lowest BCUT2D eigenvalue weighted by Crippen LogP contribution is -2.17. The quantitative estimate of drug-likeness (QED) is 0.349. The third-order valence-electron chi connectivity index (χ3n) is 5.84. The molecule has 0 atom stereocenters. The zero-order chi connectivity index (χ0) is 24.1. The molecule has 3 aromatic rings. The molecule has 1 aromatic heterocycles. The molecule has 0 aliphatic carbocycles. The second-order valence-electron chi connectivity index (χ2n) is 8.22. The van der Waals surface area contributed by atoms with E-state index in [1.165, 1.54) is 0 Å². The molecule has 2 aromatic carbocycles. The van der Waals surface area contributed by atoms with Gasteiger partial charge in [0.25, 0.3) is 0 Å². The van der Waals surface area contributed by atoms with Crippen LogP contribution in [0.25, 0.3) is 0 Å². The fourth-order valence-electron chi connectivity index (χ4n) is 3.97. The summed E-state index contributed by atoms with van der Waals surface area (Å²) in [4.78, 5) is 37.3. The molecule has 34 heavy (non-hydrogen) atoms. The number of ketones is 2. The summed E-state index contributed by atoms with van der Waals surface area (Å²) < 4.78 is 18.2. The Morgan fingerprint density at radius 2 is 1.62 bits per heavy atom. The molecule has 7 nitrogen and oxygen atoms in total. The summed E-state index contributed by atoms with van der Waals surface area (Å²) in [7, 11) is 0. The zero-order valence-corrected chi connectivity index (χ0v) is 19.3. The van der Waals surface area contributed by atoms with Gasteiger partial charge in [-0.15, -0.1) is 0 Å². The van der Waals surface area contributed by atoms with Crippen LogP contribution in [-0.4, -0.2) is 41.9 Å². The van der Waals surface area contributed by atoms with E-state index in [-0.39, 0.29) is 31.0 Å². The Hall–Kier alpha value is -3.87. The number of hydrogen-bond acceptors (Lipinski definition) is 6. The van der Waals surface area contributed by atoms with Crippen LogP contribution in [0.4, 0.5) is 0 Å². The summed E-state index contributed by atoms with van der Waals surface area (Å²) in [5, 5.41) is 0. The van der Waals surface area contributed by atoms with Gasteiger partial charge in [0, 0.05) is 35.5 Å². The Bertz CT molecular complexity index is 1210. The van der Waals surface area contributed by atoms with Crippen molar-refractivity contribution in [2.24, 2.45) is 0 Å². The van der Waals surface area contributed by atoms with Gasteiger partial charge in [-0.3, -0.25) is 14.4 Å². The van der Waals surface area contributed by atoms with E-state index in [1.807, 2.05) is 50.2 Å². The predicted molar refractivity (Wildman–Crippen MR) is 126 cm³/mol. The number of aryl methyl sites for hydroxylation is 1. The fraction of sp³-hybridized carbons (Fsp3) is 0.296. The minimum Gasteiger partial charge on any atom is -0.486 e.